The number of nitrogens with one attached hydrogen (secondary N) is 1. The second kappa shape index (κ2) is 8.80. The van der Waals surface area contributed by atoms with Gasteiger partial charge in [0.15, 0.2) is 0 Å². The van der Waals surface area contributed by atoms with Crippen LogP contribution < -0.4 is 5.32 Å². The number of ether oxygens (including phenoxy) is 1. The Labute approximate surface area is 152 Å². The predicted molar refractivity (Wildman–Crippen MR) is 97.8 cm³/mol. The fourth-order valence-corrected chi connectivity index (χ4v) is 3.54. The molecule has 1 aromatic carbocycles. The number of carbonyl (C=O) groups is 1. The Kier molecular flexibility index (Phi) is 7.70. The van der Waals surface area contributed by atoms with E-state index in [2.05, 4.69) is 16.4 Å². The fraction of sp³-hybridized carbons (Fsp3) is 0.467. The maximum Gasteiger partial charge on any atom is 0.242 e. The predicted octanol–water partition coefficient (Wildman–Crippen LogP) is 2.48. The van der Waals surface area contributed by atoms with Gasteiger partial charge in [0.05, 0.1) is 29.5 Å². The summed E-state index contributed by atoms with van der Waals surface area (Å²) in [7, 11) is 1.82. The first kappa shape index (κ1) is 20.1. The summed E-state index contributed by atoms with van der Waals surface area (Å²) in [5, 5.41) is 4.18. The number of thiazole rings is 1. The van der Waals surface area contributed by atoms with Crippen molar-refractivity contribution in [3.63, 3.8) is 0 Å². The molecule has 1 aromatic heterocycles. The molecule has 8 heteroatoms. The smallest absolute Gasteiger partial charge is 0.242 e. The molecular formula is C15H21Cl2N3O2S. The van der Waals surface area contributed by atoms with Crippen molar-refractivity contribution >= 4 is 52.3 Å². The van der Waals surface area contributed by atoms with Crippen LogP contribution in [0.5, 0.6) is 0 Å². The number of hydrogen-bond acceptors (Lipinski definition) is 5. The van der Waals surface area contributed by atoms with Gasteiger partial charge in [0.25, 0.3) is 0 Å². The molecule has 1 fully saturated rings. The fourth-order valence-electron chi connectivity index (χ4n) is 2.52. The standard InChI is InChI=1S/C15H19N3O2S.2ClH/c1-10-14(16-7-8-20-10)15(19)18(2)9-13-17-11-5-3-4-6-12(11)21-13;;/h3-6,10,14,16H,7-9H2,1-2H3;2*1H/t10-,14+;;/m1../s1. The summed E-state index contributed by atoms with van der Waals surface area (Å²) in [6.45, 7) is 3.84. The van der Waals surface area contributed by atoms with Crippen LogP contribution in [0.15, 0.2) is 24.3 Å². The first-order valence-electron chi connectivity index (χ1n) is 7.09. The maximum absolute atomic E-state index is 12.5. The molecule has 0 bridgehead atoms. The van der Waals surface area contributed by atoms with Crippen molar-refractivity contribution < 1.29 is 9.53 Å². The molecule has 1 saturated heterocycles. The quantitative estimate of drug-likeness (QED) is 0.892. The van der Waals surface area contributed by atoms with E-state index in [9.17, 15) is 4.79 Å². The highest BCUT2D eigenvalue weighted by Crippen LogP contribution is 2.22. The van der Waals surface area contributed by atoms with Crippen molar-refractivity contribution in [2.45, 2.75) is 25.6 Å². The van der Waals surface area contributed by atoms with Crippen molar-refractivity contribution in [1.29, 1.82) is 0 Å². The van der Waals surface area contributed by atoms with Gasteiger partial charge in [0, 0.05) is 13.6 Å². The van der Waals surface area contributed by atoms with Gasteiger partial charge in [-0.3, -0.25) is 4.79 Å². The zero-order valence-corrected chi connectivity index (χ0v) is 15.5. The Balaban J connectivity index is 0.00000132. The van der Waals surface area contributed by atoms with E-state index in [0.717, 1.165) is 21.8 Å². The molecule has 5 nitrogen and oxygen atoms in total. The monoisotopic (exact) mass is 377 g/mol. The number of nitrogens with zero attached hydrogens (tertiary/aromatic N) is 2. The van der Waals surface area contributed by atoms with Crippen molar-refractivity contribution in [3.05, 3.63) is 29.3 Å². The SMILES string of the molecule is C[C@H]1OCCN[C@@H]1C(=O)N(C)Cc1nc2ccccc2s1.Cl.Cl. The summed E-state index contributed by atoms with van der Waals surface area (Å²) in [4.78, 5) is 18.8. The molecule has 0 radical (unpaired) electrons. The van der Waals surface area contributed by atoms with Crippen molar-refractivity contribution in [1.82, 2.24) is 15.2 Å². The van der Waals surface area contributed by atoms with Crippen molar-refractivity contribution in [2.24, 2.45) is 0 Å². The molecule has 1 amide bonds. The molecule has 1 aliphatic rings. The average Bonchev–Trinajstić information content (AvgIpc) is 2.89. The van der Waals surface area contributed by atoms with Gasteiger partial charge in [-0.05, 0) is 19.1 Å². The number of amides is 1. The molecule has 0 spiro atoms. The Morgan fingerprint density at radius 3 is 2.87 bits per heavy atom. The Hall–Kier alpha value is -0.920. The van der Waals surface area contributed by atoms with Gasteiger partial charge in [-0.25, -0.2) is 4.98 Å². The van der Waals surface area contributed by atoms with E-state index in [1.165, 1.54) is 0 Å². The maximum atomic E-state index is 12.5. The van der Waals surface area contributed by atoms with Crippen LogP contribution >= 0.6 is 36.2 Å². The molecule has 1 aliphatic heterocycles. The lowest BCUT2D eigenvalue weighted by Crippen LogP contribution is -2.55. The van der Waals surface area contributed by atoms with Crippen LogP contribution in [0, 0.1) is 0 Å². The van der Waals surface area contributed by atoms with Gasteiger partial charge in [0.1, 0.15) is 11.0 Å². The summed E-state index contributed by atoms with van der Waals surface area (Å²) in [6, 6.07) is 7.76. The minimum absolute atomic E-state index is 0. The van der Waals surface area contributed by atoms with Crippen LogP contribution in [0.25, 0.3) is 10.2 Å². The summed E-state index contributed by atoms with van der Waals surface area (Å²) < 4.78 is 6.69. The van der Waals surface area contributed by atoms with Crippen LogP contribution in [0.4, 0.5) is 0 Å². The van der Waals surface area contributed by atoms with E-state index >= 15 is 0 Å². The van der Waals surface area contributed by atoms with E-state index in [0.29, 0.717) is 13.2 Å². The lowest BCUT2D eigenvalue weighted by Gasteiger charge is -2.32. The van der Waals surface area contributed by atoms with Gasteiger partial charge in [0.2, 0.25) is 5.91 Å². The van der Waals surface area contributed by atoms with Gasteiger partial charge >= 0.3 is 0 Å². The second-order valence-electron chi connectivity index (χ2n) is 5.28. The first-order valence-corrected chi connectivity index (χ1v) is 7.91. The number of para-hydroxylation sites is 1. The van der Waals surface area contributed by atoms with Gasteiger partial charge < -0.3 is 15.0 Å². The number of rotatable bonds is 3. The number of aromatic nitrogens is 1. The molecule has 3 rings (SSSR count). The summed E-state index contributed by atoms with van der Waals surface area (Å²) in [5.41, 5.74) is 0.992. The summed E-state index contributed by atoms with van der Waals surface area (Å²) >= 11 is 1.63. The Morgan fingerprint density at radius 1 is 1.43 bits per heavy atom. The highest BCUT2D eigenvalue weighted by Gasteiger charge is 2.30. The topological polar surface area (TPSA) is 54.5 Å². The zero-order valence-electron chi connectivity index (χ0n) is 13.0. The van der Waals surface area contributed by atoms with Crippen LogP contribution in [-0.4, -0.2) is 48.1 Å². The minimum Gasteiger partial charge on any atom is -0.375 e. The zero-order chi connectivity index (χ0) is 14.8. The summed E-state index contributed by atoms with van der Waals surface area (Å²) in [5.74, 6) is 0.0569. The molecule has 2 aromatic rings. The van der Waals surface area contributed by atoms with E-state index in [1.54, 1.807) is 16.2 Å². The molecule has 23 heavy (non-hydrogen) atoms. The third kappa shape index (κ3) is 4.55. The molecule has 128 valence electrons. The number of halogens is 2. The van der Waals surface area contributed by atoms with E-state index in [1.807, 2.05) is 32.2 Å². The van der Waals surface area contributed by atoms with Gasteiger partial charge in [-0.1, -0.05) is 12.1 Å². The molecular weight excluding hydrogens is 357 g/mol. The molecule has 0 aliphatic carbocycles. The van der Waals surface area contributed by atoms with Crippen molar-refractivity contribution in [3.8, 4) is 0 Å². The number of carbonyl (C=O) groups excluding carboxylic acids is 1. The highest BCUT2D eigenvalue weighted by molar-refractivity contribution is 7.18. The van der Waals surface area contributed by atoms with Crippen LogP contribution in [0.3, 0.4) is 0 Å². The lowest BCUT2D eigenvalue weighted by molar-refractivity contribution is -0.138. The van der Waals surface area contributed by atoms with Gasteiger partial charge in [-0.2, -0.15) is 0 Å². The normalized spacial score (nSPS) is 20.4. The Morgan fingerprint density at radius 2 is 2.17 bits per heavy atom. The lowest BCUT2D eigenvalue weighted by atomic mass is 10.1. The average molecular weight is 378 g/mol. The van der Waals surface area contributed by atoms with Gasteiger partial charge in [-0.15, -0.1) is 36.2 Å². The van der Waals surface area contributed by atoms with E-state index < -0.39 is 0 Å². The van der Waals surface area contributed by atoms with Crippen molar-refractivity contribution in [2.75, 3.05) is 20.2 Å². The summed E-state index contributed by atoms with van der Waals surface area (Å²) in [6.07, 6.45) is -0.0935. The van der Waals surface area contributed by atoms with Crippen LogP contribution in [0.2, 0.25) is 0 Å². The molecule has 2 heterocycles. The van der Waals surface area contributed by atoms with Crippen LogP contribution in [0.1, 0.15) is 11.9 Å². The molecule has 0 saturated carbocycles. The van der Waals surface area contributed by atoms with E-state index in [-0.39, 0.29) is 42.9 Å². The molecule has 1 N–H and O–H groups in total. The molecule has 0 unspecified atom stereocenters. The molecule has 2 atom stereocenters. The largest absolute Gasteiger partial charge is 0.375 e. The Bertz CT molecular complexity index is 619. The highest BCUT2D eigenvalue weighted by atomic mass is 35.5. The number of likely N-dealkylation sites (N-methyl/N-ethyl adjacent to an activating group) is 1. The third-order valence-corrected chi connectivity index (χ3v) is 4.69. The number of benzene rings is 1. The second-order valence-corrected chi connectivity index (χ2v) is 6.39. The number of hydrogen-bond donors (Lipinski definition) is 1. The van der Waals surface area contributed by atoms with E-state index in [4.69, 9.17) is 4.74 Å². The number of fused-ring (bicyclic) bond motifs is 1. The first-order chi connectivity index (χ1) is 10.1. The number of morpholine rings is 1. The minimum atomic E-state index is -0.266. The van der Waals surface area contributed by atoms with Crippen LogP contribution in [-0.2, 0) is 16.1 Å². The third-order valence-electron chi connectivity index (χ3n) is 3.67.